The number of carbonyl (C=O) groups excluding carboxylic acids is 2. The van der Waals surface area contributed by atoms with E-state index in [0.717, 1.165) is 15.1 Å². The summed E-state index contributed by atoms with van der Waals surface area (Å²) in [5.74, 6) is -0.0926. The average molecular weight is 575 g/mol. The molecule has 0 spiro atoms. The standard InChI is InChI=1S/C31H39N5O4Si/c1-30(2,3)40-29(38)36-26-18-19-27(34-24(26)20-33-36)35-28(37)25(32-7)21-39-41(31(4,5)6,22-14-10-8-11-15-22)23-16-12-9-13-17-23/h8-20,25,32H,21H2,1-7H3,(H,34,35,37)/t25-/m0/s1/i7D. The maximum Gasteiger partial charge on any atom is 0.435 e. The van der Waals surface area contributed by atoms with E-state index in [1.807, 2.05) is 36.4 Å². The van der Waals surface area contributed by atoms with Crippen molar-refractivity contribution in [3.63, 3.8) is 0 Å². The number of likely N-dealkylation sites (N-methyl/N-ethyl adjacent to an activating group) is 1. The lowest BCUT2D eigenvalue weighted by Crippen LogP contribution is -2.67. The molecule has 0 bridgehead atoms. The molecule has 4 aromatic rings. The Morgan fingerprint density at radius 3 is 2.10 bits per heavy atom. The summed E-state index contributed by atoms with van der Waals surface area (Å²) in [4.78, 5) is 30.5. The van der Waals surface area contributed by atoms with Crippen molar-refractivity contribution in [2.75, 3.05) is 18.9 Å². The summed E-state index contributed by atoms with van der Waals surface area (Å²) in [6.45, 7) is 11.9. The Balaban J connectivity index is 1.59. The summed E-state index contributed by atoms with van der Waals surface area (Å²) in [5, 5.41) is 11.8. The zero-order valence-corrected chi connectivity index (χ0v) is 25.5. The number of anilines is 1. The number of fused-ring (bicyclic) bond motifs is 1. The van der Waals surface area contributed by atoms with E-state index in [9.17, 15) is 9.59 Å². The third-order valence-corrected chi connectivity index (χ3v) is 11.7. The summed E-state index contributed by atoms with van der Waals surface area (Å²) in [7, 11) is -3.06. The molecule has 10 heteroatoms. The number of nitrogens with one attached hydrogen (secondary N) is 2. The number of pyridine rings is 1. The molecule has 0 aliphatic heterocycles. The number of ether oxygens (including phenoxy) is 1. The number of aromatic nitrogens is 3. The maximum atomic E-state index is 13.5. The third-order valence-electron chi connectivity index (χ3n) is 6.69. The van der Waals surface area contributed by atoms with Gasteiger partial charge in [0.25, 0.3) is 8.32 Å². The van der Waals surface area contributed by atoms with E-state index in [-0.39, 0.29) is 24.6 Å². The van der Waals surface area contributed by atoms with Crippen LogP contribution >= 0.6 is 0 Å². The fraction of sp³-hybridized carbons (Fsp3) is 0.355. The Morgan fingerprint density at radius 2 is 1.56 bits per heavy atom. The van der Waals surface area contributed by atoms with Crippen molar-refractivity contribution in [3.8, 4) is 0 Å². The predicted octanol–water partition coefficient (Wildman–Crippen LogP) is 4.32. The molecule has 2 N–H and O–H groups in total. The second kappa shape index (κ2) is 11.9. The number of carbonyl (C=O) groups is 2. The van der Waals surface area contributed by atoms with Crippen LogP contribution in [0.15, 0.2) is 79.0 Å². The third kappa shape index (κ3) is 6.56. The van der Waals surface area contributed by atoms with Crippen LogP contribution in [0.1, 0.15) is 42.9 Å². The molecular formula is C31H39N5O4Si. The van der Waals surface area contributed by atoms with E-state index in [1.54, 1.807) is 32.9 Å². The number of benzene rings is 2. The van der Waals surface area contributed by atoms with Crippen molar-refractivity contribution in [1.29, 1.82) is 0 Å². The van der Waals surface area contributed by atoms with Gasteiger partial charge in [0.2, 0.25) is 5.91 Å². The van der Waals surface area contributed by atoms with Gasteiger partial charge in [-0.05, 0) is 55.3 Å². The lowest BCUT2D eigenvalue weighted by atomic mass is 10.2. The van der Waals surface area contributed by atoms with E-state index in [1.165, 1.54) is 6.20 Å². The van der Waals surface area contributed by atoms with Crippen LogP contribution in [-0.4, -0.2) is 60.4 Å². The summed E-state index contributed by atoms with van der Waals surface area (Å²) in [6.07, 6.45) is 0.830. The van der Waals surface area contributed by atoms with Gasteiger partial charge in [-0.3, -0.25) is 4.79 Å². The molecule has 216 valence electrons. The smallest absolute Gasteiger partial charge is 0.435 e. The van der Waals surface area contributed by atoms with Gasteiger partial charge < -0.3 is 19.8 Å². The molecule has 1 atom stereocenters. The lowest BCUT2D eigenvalue weighted by Gasteiger charge is -2.43. The van der Waals surface area contributed by atoms with Crippen LogP contribution in [0.25, 0.3) is 11.0 Å². The zero-order chi connectivity index (χ0) is 30.5. The van der Waals surface area contributed by atoms with E-state index in [4.69, 9.17) is 10.5 Å². The summed E-state index contributed by atoms with van der Waals surface area (Å²) < 4.78 is 21.3. The van der Waals surface area contributed by atoms with Crippen LogP contribution in [0.5, 0.6) is 0 Å². The van der Waals surface area contributed by atoms with Gasteiger partial charge in [0.05, 0.1) is 18.3 Å². The second-order valence-corrected chi connectivity index (χ2v) is 16.2. The van der Waals surface area contributed by atoms with Gasteiger partial charge in [-0.1, -0.05) is 81.4 Å². The molecule has 0 aliphatic carbocycles. The van der Waals surface area contributed by atoms with Gasteiger partial charge in [-0.25, -0.2) is 9.78 Å². The molecule has 2 aromatic carbocycles. The van der Waals surface area contributed by atoms with E-state index in [2.05, 4.69) is 65.8 Å². The quantitative estimate of drug-likeness (QED) is 0.302. The van der Waals surface area contributed by atoms with E-state index >= 15 is 0 Å². The Bertz CT molecular complexity index is 1480. The van der Waals surface area contributed by atoms with Crippen LogP contribution in [0, 0.1) is 0 Å². The molecule has 1 amide bonds. The Kier molecular flexibility index (Phi) is 8.34. The minimum Gasteiger partial charge on any atom is -0.442 e. The van der Waals surface area contributed by atoms with E-state index in [0.29, 0.717) is 16.9 Å². The first-order valence-electron chi connectivity index (χ1n) is 14.2. The van der Waals surface area contributed by atoms with Gasteiger partial charge in [-0.2, -0.15) is 9.78 Å². The fourth-order valence-corrected chi connectivity index (χ4v) is 9.42. The molecule has 0 saturated carbocycles. The van der Waals surface area contributed by atoms with Crippen molar-refractivity contribution in [1.82, 2.24) is 20.1 Å². The van der Waals surface area contributed by atoms with Crippen molar-refractivity contribution in [2.24, 2.45) is 0 Å². The SMILES string of the molecule is [2H]CN[C@@H](CO[Si](c1ccccc1)(c1ccccc1)C(C)(C)C)C(=O)Nc1ccc2c(cnn2C(=O)OC(C)(C)C)n1. The molecule has 0 saturated heterocycles. The second-order valence-electron chi connectivity index (χ2n) is 11.9. The first-order chi connectivity index (χ1) is 19.9. The molecule has 9 nitrogen and oxygen atoms in total. The van der Waals surface area contributed by atoms with Crippen LogP contribution < -0.4 is 21.0 Å². The topological polar surface area (TPSA) is 107 Å². The lowest BCUT2D eigenvalue weighted by molar-refractivity contribution is -0.118. The molecule has 41 heavy (non-hydrogen) atoms. The summed E-state index contributed by atoms with van der Waals surface area (Å²) in [5.41, 5.74) is 0.206. The van der Waals surface area contributed by atoms with Crippen LogP contribution in [0.2, 0.25) is 5.04 Å². The number of nitrogens with zero attached hydrogens (tertiary/aromatic N) is 3. The van der Waals surface area contributed by atoms with Gasteiger partial charge in [0, 0.05) is 1.37 Å². The minimum atomic E-state index is -2.89. The Morgan fingerprint density at radius 1 is 0.951 bits per heavy atom. The van der Waals surface area contributed by atoms with Gasteiger partial charge >= 0.3 is 6.09 Å². The number of rotatable bonds is 8. The van der Waals surface area contributed by atoms with Crippen LogP contribution in [0.3, 0.4) is 0 Å². The molecule has 0 aliphatic rings. The molecular weight excluding hydrogens is 534 g/mol. The summed E-state index contributed by atoms with van der Waals surface area (Å²) >= 11 is 0. The van der Waals surface area contributed by atoms with Crippen molar-refractivity contribution < 1.29 is 20.1 Å². The maximum absolute atomic E-state index is 13.5. The minimum absolute atomic E-state index is 0.0524. The molecule has 2 heterocycles. The van der Waals surface area contributed by atoms with E-state index < -0.39 is 26.1 Å². The monoisotopic (exact) mass is 574 g/mol. The van der Waals surface area contributed by atoms with Gasteiger partial charge in [0.15, 0.2) is 0 Å². The first-order valence-corrected chi connectivity index (χ1v) is 15.4. The zero-order valence-electron chi connectivity index (χ0n) is 25.5. The highest BCUT2D eigenvalue weighted by Gasteiger charge is 2.50. The van der Waals surface area contributed by atoms with Crippen molar-refractivity contribution in [3.05, 3.63) is 79.0 Å². The van der Waals surface area contributed by atoms with Gasteiger partial charge in [-0.15, -0.1) is 0 Å². The van der Waals surface area contributed by atoms with Gasteiger partial charge in [0.1, 0.15) is 23.0 Å². The highest BCUT2D eigenvalue weighted by molar-refractivity contribution is 6.99. The Labute approximate surface area is 243 Å². The fourth-order valence-electron chi connectivity index (χ4n) is 4.85. The molecule has 0 fully saturated rings. The summed E-state index contributed by atoms with van der Waals surface area (Å²) in [6, 6.07) is 22.8. The molecule has 0 unspecified atom stereocenters. The molecule has 4 rings (SSSR count). The van der Waals surface area contributed by atoms with Crippen LogP contribution in [0.4, 0.5) is 10.6 Å². The highest BCUT2D eigenvalue weighted by atomic mass is 28.4. The largest absolute Gasteiger partial charge is 0.442 e. The van der Waals surface area contributed by atoms with Crippen molar-refractivity contribution in [2.45, 2.75) is 58.2 Å². The Hall–Kier alpha value is -3.86. The average Bonchev–Trinajstić information content (AvgIpc) is 3.36. The number of hydrogen-bond donors (Lipinski definition) is 2. The molecule has 0 radical (unpaired) electrons. The first kappa shape index (κ1) is 28.7. The normalized spacial score (nSPS) is 13.5. The highest BCUT2D eigenvalue weighted by Crippen LogP contribution is 2.36. The number of amides is 1. The predicted molar refractivity (Wildman–Crippen MR) is 164 cm³/mol. The number of hydrogen-bond acceptors (Lipinski definition) is 7. The van der Waals surface area contributed by atoms with Crippen molar-refractivity contribution >= 4 is 47.5 Å². The van der Waals surface area contributed by atoms with Crippen LogP contribution in [-0.2, 0) is 14.0 Å². The molecule has 2 aromatic heterocycles.